The van der Waals surface area contributed by atoms with E-state index < -0.39 is 0 Å². The molecule has 1 N–H and O–H groups in total. The molecule has 0 aromatic heterocycles. The number of nitrogens with zero attached hydrogens (tertiary/aromatic N) is 1. The molecule has 0 spiro atoms. The van der Waals surface area contributed by atoms with Gasteiger partial charge in [0.25, 0.3) is 0 Å². The van der Waals surface area contributed by atoms with E-state index in [-0.39, 0.29) is 0 Å². The van der Waals surface area contributed by atoms with Gasteiger partial charge < -0.3 is 5.32 Å². The second-order valence-corrected chi connectivity index (χ2v) is 5.35. The van der Waals surface area contributed by atoms with Crippen LogP contribution < -0.4 is 5.32 Å². The third-order valence-electron chi connectivity index (χ3n) is 4.52. The van der Waals surface area contributed by atoms with Crippen LogP contribution in [-0.4, -0.2) is 37.1 Å². The molecule has 2 unspecified atom stereocenters. The van der Waals surface area contributed by atoms with Crippen molar-refractivity contribution in [3.05, 3.63) is 0 Å². The van der Waals surface area contributed by atoms with E-state index in [9.17, 15) is 0 Å². The van der Waals surface area contributed by atoms with Gasteiger partial charge in [0.1, 0.15) is 0 Å². The molecule has 0 bridgehead atoms. The van der Waals surface area contributed by atoms with Gasteiger partial charge >= 0.3 is 0 Å². The predicted octanol–water partition coefficient (Wildman–Crippen LogP) is 2.39. The summed E-state index contributed by atoms with van der Waals surface area (Å²) in [5.41, 5.74) is 0. The second-order valence-electron chi connectivity index (χ2n) is 5.35. The van der Waals surface area contributed by atoms with Crippen LogP contribution in [0.5, 0.6) is 0 Å². The summed E-state index contributed by atoms with van der Waals surface area (Å²) in [5, 5.41) is 3.49. The molecule has 0 amide bonds. The number of likely N-dealkylation sites (N-methyl/N-ethyl adjacent to an activating group) is 2. The molecular formula is C13H26N2. The predicted molar refractivity (Wildman–Crippen MR) is 65.1 cm³/mol. The van der Waals surface area contributed by atoms with Crippen molar-refractivity contribution in [1.82, 2.24) is 10.2 Å². The van der Waals surface area contributed by atoms with Gasteiger partial charge in [-0.15, -0.1) is 0 Å². The van der Waals surface area contributed by atoms with Crippen LogP contribution >= 0.6 is 0 Å². The first-order chi connectivity index (χ1) is 7.33. The third-order valence-corrected chi connectivity index (χ3v) is 4.52. The van der Waals surface area contributed by atoms with Crippen LogP contribution in [0.25, 0.3) is 0 Å². The maximum absolute atomic E-state index is 3.49. The van der Waals surface area contributed by atoms with E-state index in [4.69, 9.17) is 0 Å². The molecule has 0 aromatic rings. The lowest BCUT2D eigenvalue weighted by Gasteiger charge is -2.38. The normalized spacial score (nSPS) is 33.8. The summed E-state index contributed by atoms with van der Waals surface area (Å²) in [7, 11) is 4.48. The van der Waals surface area contributed by atoms with Crippen molar-refractivity contribution >= 4 is 0 Å². The molecule has 2 saturated carbocycles. The highest BCUT2D eigenvalue weighted by Gasteiger charge is 2.32. The molecule has 2 aliphatic rings. The Balaban J connectivity index is 1.90. The highest BCUT2D eigenvalue weighted by Crippen LogP contribution is 2.29. The van der Waals surface area contributed by atoms with Crippen LogP contribution in [0.2, 0.25) is 0 Å². The van der Waals surface area contributed by atoms with E-state index in [0.717, 1.165) is 18.1 Å². The Kier molecular flexibility index (Phi) is 4.04. The molecular weight excluding hydrogens is 184 g/mol. The monoisotopic (exact) mass is 210 g/mol. The third kappa shape index (κ3) is 2.54. The molecule has 2 heteroatoms. The molecule has 2 fully saturated rings. The van der Waals surface area contributed by atoms with Crippen molar-refractivity contribution in [2.24, 2.45) is 0 Å². The largest absolute Gasteiger partial charge is 0.315 e. The van der Waals surface area contributed by atoms with Crippen molar-refractivity contribution in [2.75, 3.05) is 14.1 Å². The van der Waals surface area contributed by atoms with Crippen molar-refractivity contribution in [3.8, 4) is 0 Å². The van der Waals surface area contributed by atoms with Gasteiger partial charge in [-0.05, 0) is 39.8 Å². The van der Waals surface area contributed by atoms with E-state index in [1.807, 2.05) is 0 Å². The zero-order valence-corrected chi connectivity index (χ0v) is 10.3. The Labute approximate surface area is 94.4 Å². The summed E-state index contributed by atoms with van der Waals surface area (Å²) in [6, 6.07) is 2.42. The highest BCUT2D eigenvalue weighted by molar-refractivity contribution is 4.91. The molecule has 0 aromatic carbocycles. The van der Waals surface area contributed by atoms with Crippen LogP contribution in [0.4, 0.5) is 0 Å². The van der Waals surface area contributed by atoms with Crippen molar-refractivity contribution in [3.63, 3.8) is 0 Å². The van der Waals surface area contributed by atoms with E-state index in [2.05, 4.69) is 24.3 Å². The summed E-state index contributed by atoms with van der Waals surface area (Å²) in [6.07, 6.45) is 11.4. The van der Waals surface area contributed by atoms with Gasteiger partial charge in [-0.3, -0.25) is 4.90 Å². The summed E-state index contributed by atoms with van der Waals surface area (Å²) < 4.78 is 0. The molecule has 0 heterocycles. The van der Waals surface area contributed by atoms with Crippen LogP contribution in [0.15, 0.2) is 0 Å². The molecule has 2 rings (SSSR count). The van der Waals surface area contributed by atoms with Gasteiger partial charge in [0.2, 0.25) is 0 Å². The summed E-state index contributed by atoms with van der Waals surface area (Å²) in [4.78, 5) is 2.69. The van der Waals surface area contributed by atoms with Gasteiger partial charge in [0, 0.05) is 18.1 Å². The first-order valence-corrected chi connectivity index (χ1v) is 6.72. The van der Waals surface area contributed by atoms with Crippen LogP contribution in [0.3, 0.4) is 0 Å². The first kappa shape index (κ1) is 11.4. The fourth-order valence-corrected chi connectivity index (χ4v) is 3.52. The number of nitrogens with one attached hydrogen (secondary N) is 1. The summed E-state index contributed by atoms with van der Waals surface area (Å²) >= 11 is 0. The number of rotatable bonds is 3. The van der Waals surface area contributed by atoms with Gasteiger partial charge in [-0.2, -0.15) is 0 Å². The van der Waals surface area contributed by atoms with Crippen LogP contribution in [0, 0.1) is 0 Å². The van der Waals surface area contributed by atoms with Gasteiger partial charge in [0.05, 0.1) is 0 Å². The van der Waals surface area contributed by atoms with Crippen LogP contribution in [0.1, 0.15) is 51.4 Å². The van der Waals surface area contributed by atoms with Crippen molar-refractivity contribution in [1.29, 1.82) is 0 Å². The minimum absolute atomic E-state index is 0.747. The fourth-order valence-electron chi connectivity index (χ4n) is 3.52. The lowest BCUT2D eigenvalue weighted by atomic mass is 9.93. The Morgan fingerprint density at radius 3 is 2.33 bits per heavy atom. The topological polar surface area (TPSA) is 15.3 Å². The zero-order chi connectivity index (χ0) is 10.7. The molecule has 0 aliphatic heterocycles. The van der Waals surface area contributed by atoms with Crippen LogP contribution in [-0.2, 0) is 0 Å². The SMILES string of the molecule is CNC1CCCC1N(C)C1CCCCC1. The van der Waals surface area contributed by atoms with Crippen molar-refractivity contribution < 1.29 is 0 Å². The van der Waals surface area contributed by atoms with E-state index >= 15 is 0 Å². The average Bonchev–Trinajstić information content (AvgIpc) is 2.77. The standard InChI is InChI=1S/C13H26N2/c1-14-12-9-6-10-13(12)15(2)11-7-4-3-5-8-11/h11-14H,3-10H2,1-2H3. The van der Waals surface area contributed by atoms with Gasteiger partial charge in [-0.25, -0.2) is 0 Å². The number of hydrogen-bond donors (Lipinski definition) is 1. The lowest BCUT2D eigenvalue weighted by Crippen LogP contribution is -2.48. The first-order valence-electron chi connectivity index (χ1n) is 6.72. The smallest absolute Gasteiger partial charge is 0.0249 e. The minimum atomic E-state index is 0.747. The minimum Gasteiger partial charge on any atom is -0.315 e. The molecule has 2 aliphatic carbocycles. The Morgan fingerprint density at radius 1 is 0.933 bits per heavy atom. The fraction of sp³-hybridized carbons (Fsp3) is 1.00. The lowest BCUT2D eigenvalue weighted by molar-refractivity contribution is 0.124. The molecule has 2 atom stereocenters. The Bertz CT molecular complexity index is 187. The van der Waals surface area contributed by atoms with E-state index in [1.165, 1.54) is 51.4 Å². The van der Waals surface area contributed by atoms with Gasteiger partial charge in [-0.1, -0.05) is 25.7 Å². The molecule has 88 valence electrons. The summed E-state index contributed by atoms with van der Waals surface area (Å²) in [5.74, 6) is 0. The van der Waals surface area contributed by atoms with Gasteiger partial charge in [0.15, 0.2) is 0 Å². The average molecular weight is 210 g/mol. The molecule has 2 nitrogen and oxygen atoms in total. The Morgan fingerprint density at radius 2 is 1.67 bits per heavy atom. The van der Waals surface area contributed by atoms with Crippen molar-refractivity contribution in [2.45, 2.75) is 69.5 Å². The second kappa shape index (κ2) is 5.31. The maximum Gasteiger partial charge on any atom is 0.0249 e. The highest BCUT2D eigenvalue weighted by atomic mass is 15.2. The molecule has 0 radical (unpaired) electrons. The van der Waals surface area contributed by atoms with E-state index in [0.29, 0.717) is 0 Å². The number of hydrogen-bond acceptors (Lipinski definition) is 2. The molecule has 15 heavy (non-hydrogen) atoms. The van der Waals surface area contributed by atoms with E-state index in [1.54, 1.807) is 0 Å². The maximum atomic E-state index is 3.49. The Hall–Kier alpha value is -0.0800. The molecule has 0 saturated heterocycles. The summed E-state index contributed by atoms with van der Waals surface area (Å²) in [6.45, 7) is 0. The quantitative estimate of drug-likeness (QED) is 0.769. The zero-order valence-electron chi connectivity index (χ0n) is 10.3.